The summed E-state index contributed by atoms with van der Waals surface area (Å²) >= 11 is 0. The van der Waals surface area contributed by atoms with Gasteiger partial charge in [-0.2, -0.15) is 0 Å². The van der Waals surface area contributed by atoms with E-state index in [2.05, 4.69) is 0 Å². The number of phenols is 1. The minimum absolute atomic E-state index is 0.0449. The van der Waals surface area contributed by atoms with Crippen molar-refractivity contribution in [1.82, 2.24) is 4.90 Å². The van der Waals surface area contributed by atoms with E-state index in [0.29, 0.717) is 19.4 Å². The number of aliphatic carboxylic acids is 1. The third-order valence-electron chi connectivity index (χ3n) is 4.63. The van der Waals surface area contributed by atoms with Crippen molar-refractivity contribution in [3.8, 4) is 5.75 Å². The maximum atomic E-state index is 12.3. The number of β-amino-alcohol motifs (C(OH)–C–C–N with tert-alkyl or cyclic N) is 1. The van der Waals surface area contributed by atoms with E-state index < -0.39 is 17.5 Å². The second-order valence-corrected chi connectivity index (χ2v) is 6.16. The molecular weight excluding hydrogens is 298 g/mol. The number of rotatable bonds is 5. The Kier molecular flexibility index (Phi) is 5.26. The third-order valence-corrected chi connectivity index (χ3v) is 4.63. The van der Waals surface area contributed by atoms with Crippen LogP contribution in [0.1, 0.15) is 31.7 Å². The van der Waals surface area contributed by atoms with Gasteiger partial charge < -0.3 is 20.2 Å². The number of carboxylic acid groups (broad SMARTS) is 1. The van der Waals surface area contributed by atoms with Gasteiger partial charge in [0.2, 0.25) is 5.91 Å². The SMILES string of the molecule is CCC[C@]1(C(=O)O)CCN(C(=O)Cc2ccc(O)cc2)CC1O. The summed E-state index contributed by atoms with van der Waals surface area (Å²) in [6, 6.07) is 6.38. The molecule has 6 heteroatoms. The van der Waals surface area contributed by atoms with Crippen molar-refractivity contribution < 1.29 is 24.9 Å². The lowest BCUT2D eigenvalue weighted by Gasteiger charge is -2.42. The molecular formula is C17H23NO5. The van der Waals surface area contributed by atoms with Gasteiger partial charge in [0.25, 0.3) is 0 Å². The molecule has 0 bridgehead atoms. The van der Waals surface area contributed by atoms with E-state index in [1.807, 2.05) is 6.92 Å². The van der Waals surface area contributed by atoms with Gasteiger partial charge in [0.15, 0.2) is 0 Å². The fraction of sp³-hybridized carbons (Fsp3) is 0.529. The number of hydrogen-bond donors (Lipinski definition) is 3. The molecule has 2 atom stereocenters. The number of likely N-dealkylation sites (tertiary alicyclic amines) is 1. The highest BCUT2D eigenvalue weighted by Crippen LogP contribution is 2.37. The Bertz CT molecular complexity index is 571. The Morgan fingerprint density at radius 3 is 2.48 bits per heavy atom. The number of benzene rings is 1. The molecule has 1 aliphatic heterocycles. The maximum Gasteiger partial charge on any atom is 0.312 e. The number of phenolic OH excluding ortho intramolecular Hbond substituents is 1. The molecule has 1 fully saturated rings. The van der Waals surface area contributed by atoms with Crippen LogP contribution in [-0.2, 0) is 16.0 Å². The number of carbonyl (C=O) groups is 2. The highest BCUT2D eigenvalue weighted by molar-refractivity contribution is 5.80. The highest BCUT2D eigenvalue weighted by Gasteiger charge is 2.48. The minimum Gasteiger partial charge on any atom is -0.508 e. The summed E-state index contributed by atoms with van der Waals surface area (Å²) in [6.07, 6.45) is 0.450. The molecule has 1 saturated heterocycles. The molecule has 0 aromatic heterocycles. The van der Waals surface area contributed by atoms with Gasteiger partial charge in [-0.05, 0) is 30.5 Å². The number of nitrogens with zero attached hydrogens (tertiary/aromatic N) is 1. The van der Waals surface area contributed by atoms with Gasteiger partial charge in [0, 0.05) is 13.1 Å². The molecule has 1 aromatic carbocycles. The average Bonchev–Trinajstić information content (AvgIpc) is 2.51. The molecule has 0 spiro atoms. The molecule has 1 unspecified atom stereocenters. The molecule has 0 radical (unpaired) electrons. The normalized spacial score (nSPS) is 24.4. The van der Waals surface area contributed by atoms with Gasteiger partial charge in [0.1, 0.15) is 5.75 Å². The summed E-state index contributed by atoms with van der Waals surface area (Å²) in [5, 5.41) is 29.1. The predicted octanol–water partition coefficient (Wildman–Crippen LogP) is 1.40. The number of aliphatic hydroxyl groups excluding tert-OH is 1. The van der Waals surface area contributed by atoms with Crippen LogP contribution in [0, 0.1) is 5.41 Å². The number of piperidine rings is 1. The molecule has 6 nitrogen and oxygen atoms in total. The Morgan fingerprint density at radius 2 is 1.96 bits per heavy atom. The van der Waals surface area contributed by atoms with Crippen LogP contribution in [0.5, 0.6) is 5.75 Å². The van der Waals surface area contributed by atoms with Gasteiger partial charge in [-0.3, -0.25) is 9.59 Å². The quantitative estimate of drug-likeness (QED) is 0.761. The molecule has 3 N–H and O–H groups in total. The predicted molar refractivity (Wildman–Crippen MR) is 84.0 cm³/mol. The molecule has 0 saturated carbocycles. The Hall–Kier alpha value is -2.08. The number of carbonyl (C=O) groups excluding carboxylic acids is 1. The van der Waals surface area contributed by atoms with E-state index in [0.717, 1.165) is 5.56 Å². The lowest BCUT2D eigenvalue weighted by molar-refractivity contribution is -0.167. The van der Waals surface area contributed by atoms with Gasteiger partial charge in [-0.15, -0.1) is 0 Å². The monoisotopic (exact) mass is 321 g/mol. The molecule has 1 amide bonds. The van der Waals surface area contributed by atoms with E-state index in [-0.39, 0.29) is 31.0 Å². The summed E-state index contributed by atoms with van der Waals surface area (Å²) in [4.78, 5) is 25.5. The van der Waals surface area contributed by atoms with Crippen molar-refractivity contribution in [2.75, 3.05) is 13.1 Å². The first-order chi connectivity index (χ1) is 10.9. The molecule has 1 aliphatic rings. The van der Waals surface area contributed by atoms with Crippen LogP contribution >= 0.6 is 0 Å². The minimum atomic E-state index is -1.15. The topological polar surface area (TPSA) is 98.1 Å². The second-order valence-electron chi connectivity index (χ2n) is 6.16. The van der Waals surface area contributed by atoms with Crippen molar-refractivity contribution in [1.29, 1.82) is 0 Å². The molecule has 1 heterocycles. The second kappa shape index (κ2) is 7.00. The lowest BCUT2D eigenvalue weighted by Crippen LogP contribution is -2.56. The maximum absolute atomic E-state index is 12.3. The van der Waals surface area contributed by atoms with Gasteiger partial charge >= 0.3 is 5.97 Å². The zero-order valence-corrected chi connectivity index (χ0v) is 13.2. The van der Waals surface area contributed by atoms with Crippen molar-refractivity contribution in [3.63, 3.8) is 0 Å². The number of aliphatic hydroxyl groups is 1. The first kappa shape index (κ1) is 17.3. The van der Waals surface area contributed by atoms with Gasteiger partial charge in [-0.25, -0.2) is 0 Å². The molecule has 23 heavy (non-hydrogen) atoms. The smallest absolute Gasteiger partial charge is 0.312 e. The summed E-state index contributed by atoms with van der Waals surface area (Å²) in [5.74, 6) is -0.997. The lowest BCUT2D eigenvalue weighted by atomic mass is 9.72. The van der Waals surface area contributed by atoms with Crippen LogP contribution in [0.2, 0.25) is 0 Å². The summed E-state index contributed by atoms with van der Waals surface area (Å²) in [5.41, 5.74) is -0.379. The van der Waals surface area contributed by atoms with E-state index in [1.165, 1.54) is 17.0 Å². The molecule has 0 aliphatic carbocycles. The van der Waals surface area contributed by atoms with Crippen LogP contribution < -0.4 is 0 Å². The van der Waals surface area contributed by atoms with E-state index in [9.17, 15) is 24.9 Å². The zero-order valence-electron chi connectivity index (χ0n) is 13.2. The van der Waals surface area contributed by atoms with E-state index >= 15 is 0 Å². The Labute approximate surface area is 135 Å². The van der Waals surface area contributed by atoms with Crippen LogP contribution in [-0.4, -0.2) is 51.3 Å². The van der Waals surface area contributed by atoms with Gasteiger partial charge in [0.05, 0.1) is 17.9 Å². The van der Waals surface area contributed by atoms with E-state index in [1.54, 1.807) is 12.1 Å². The number of hydrogen-bond acceptors (Lipinski definition) is 4. The van der Waals surface area contributed by atoms with Crippen molar-refractivity contribution >= 4 is 11.9 Å². The summed E-state index contributed by atoms with van der Waals surface area (Å²) < 4.78 is 0. The van der Waals surface area contributed by atoms with Crippen molar-refractivity contribution in [3.05, 3.63) is 29.8 Å². The van der Waals surface area contributed by atoms with Crippen molar-refractivity contribution in [2.45, 2.75) is 38.7 Å². The number of carboxylic acids is 1. The molecule has 1 aromatic rings. The average molecular weight is 321 g/mol. The van der Waals surface area contributed by atoms with Crippen LogP contribution in [0.25, 0.3) is 0 Å². The van der Waals surface area contributed by atoms with Gasteiger partial charge in [-0.1, -0.05) is 25.5 Å². The zero-order chi connectivity index (χ0) is 17.0. The fourth-order valence-electron chi connectivity index (χ4n) is 3.20. The molecule has 126 valence electrons. The summed E-state index contributed by atoms with van der Waals surface area (Å²) in [6.45, 7) is 2.27. The van der Waals surface area contributed by atoms with Crippen LogP contribution in [0.3, 0.4) is 0 Å². The fourth-order valence-corrected chi connectivity index (χ4v) is 3.20. The Morgan fingerprint density at radius 1 is 1.30 bits per heavy atom. The standard InChI is InChI=1S/C17H23NO5/c1-2-7-17(16(22)23)8-9-18(11-14(17)20)15(21)10-12-3-5-13(19)6-4-12/h3-6,14,19-20H,2,7-11H2,1H3,(H,22,23)/t14?,17-/m0/s1. The first-order valence-electron chi connectivity index (χ1n) is 7.86. The number of amides is 1. The molecule has 2 rings (SSSR count). The Balaban J connectivity index is 2.02. The highest BCUT2D eigenvalue weighted by atomic mass is 16.4. The van der Waals surface area contributed by atoms with Crippen molar-refractivity contribution in [2.24, 2.45) is 5.41 Å². The van der Waals surface area contributed by atoms with Crippen LogP contribution in [0.15, 0.2) is 24.3 Å². The summed E-state index contributed by atoms with van der Waals surface area (Å²) in [7, 11) is 0. The number of aromatic hydroxyl groups is 1. The van der Waals surface area contributed by atoms with E-state index in [4.69, 9.17) is 0 Å². The third kappa shape index (κ3) is 3.64. The first-order valence-corrected chi connectivity index (χ1v) is 7.86. The largest absolute Gasteiger partial charge is 0.508 e. The van der Waals surface area contributed by atoms with Crippen LogP contribution in [0.4, 0.5) is 0 Å².